The Morgan fingerprint density at radius 2 is 1.75 bits per heavy atom. The molecule has 0 radical (unpaired) electrons. The Bertz CT molecular complexity index is 827. The van der Waals surface area contributed by atoms with Crippen molar-refractivity contribution in [2.45, 2.75) is 20.0 Å². The number of ether oxygens (including phenoxy) is 1. The van der Waals surface area contributed by atoms with Crippen molar-refractivity contribution in [3.05, 3.63) is 53.6 Å². The quantitative estimate of drug-likeness (QED) is 0.850. The van der Waals surface area contributed by atoms with Gasteiger partial charge >= 0.3 is 0 Å². The van der Waals surface area contributed by atoms with Gasteiger partial charge in [-0.25, -0.2) is 0 Å². The van der Waals surface area contributed by atoms with Crippen LogP contribution in [-0.2, 0) is 4.79 Å². The van der Waals surface area contributed by atoms with Gasteiger partial charge in [0.2, 0.25) is 0 Å². The number of carbonyl (C=O) groups is 3. The fraction of sp³-hybridized carbons (Fsp3) is 0.167. The van der Waals surface area contributed by atoms with Crippen molar-refractivity contribution in [2.24, 2.45) is 0 Å². The van der Waals surface area contributed by atoms with Gasteiger partial charge in [0.05, 0.1) is 5.69 Å². The first-order chi connectivity index (χ1) is 11.4. The molecule has 0 saturated carbocycles. The van der Waals surface area contributed by atoms with Crippen LogP contribution < -0.4 is 15.4 Å². The van der Waals surface area contributed by atoms with E-state index in [1.54, 1.807) is 49.4 Å². The van der Waals surface area contributed by atoms with Crippen LogP contribution in [0.3, 0.4) is 0 Å². The molecule has 0 spiro atoms. The van der Waals surface area contributed by atoms with Gasteiger partial charge in [-0.3, -0.25) is 14.4 Å². The Morgan fingerprint density at radius 1 is 1.08 bits per heavy atom. The first-order valence-corrected chi connectivity index (χ1v) is 7.48. The van der Waals surface area contributed by atoms with Crippen molar-refractivity contribution in [1.29, 1.82) is 0 Å². The van der Waals surface area contributed by atoms with E-state index in [0.717, 1.165) is 0 Å². The Kier molecular flexibility index (Phi) is 4.04. The molecule has 2 aromatic rings. The average molecular weight is 324 g/mol. The van der Waals surface area contributed by atoms with Crippen molar-refractivity contribution in [1.82, 2.24) is 0 Å². The maximum Gasteiger partial charge on any atom is 0.265 e. The minimum atomic E-state index is -0.602. The number of ketones is 1. The summed E-state index contributed by atoms with van der Waals surface area (Å²) in [6.07, 6.45) is -0.602. The third-order valence-electron chi connectivity index (χ3n) is 3.72. The minimum absolute atomic E-state index is 0.0316. The van der Waals surface area contributed by atoms with Crippen LogP contribution in [0.5, 0.6) is 5.75 Å². The molecule has 0 saturated heterocycles. The van der Waals surface area contributed by atoms with Gasteiger partial charge in [-0.05, 0) is 56.3 Å². The molecule has 1 aliphatic rings. The van der Waals surface area contributed by atoms with Gasteiger partial charge in [0.1, 0.15) is 5.75 Å². The molecule has 6 heteroatoms. The number of Topliss-reactive ketones (excluding diaryl/α,β-unsaturated/α-hetero) is 1. The van der Waals surface area contributed by atoms with E-state index in [2.05, 4.69) is 10.6 Å². The van der Waals surface area contributed by atoms with E-state index in [1.807, 2.05) is 0 Å². The number of fused-ring (bicyclic) bond motifs is 1. The lowest BCUT2D eigenvalue weighted by molar-refractivity contribution is -0.122. The third-order valence-corrected chi connectivity index (χ3v) is 3.72. The number of hydrogen-bond acceptors (Lipinski definition) is 4. The molecule has 6 nitrogen and oxygen atoms in total. The lowest BCUT2D eigenvalue weighted by Gasteiger charge is -2.23. The molecule has 0 fully saturated rings. The molecule has 1 atom stereocenters. The average Bonchev–Trinajstić information content (AvgIpc) is 2.56. The van der Waals surface area contributed by atoms with Crippen molar-refractivity contribution >= 4 is 29.0 Å². The normalized spacial score (nSPS) is 15.8. The van der Waals surface area contributed by atoms with Crippen molar-refractivity contribution in [3.63, 3.8) is 0 Å². The molecule has 2 N–H and O–H groups in total. The lowest BCUT2D eigenvalue weighted by Crippen LogP contribution is -2.34. The summed E-state index contributed by atoms with van der Waals surface area (Å²) < 4.78 is 5.50. The molecule has 1 aliphatic heterocycles. The van der Waals surface area contributed by atoms with Crippen LogP contribution in [0.25, 0.3) is 0 Å². The highest BCUT2D eigenvalue weighted by molar-refractivity contribution is 6.06. The SMILES string of the molecule is CC(=O)c1ccc(NC(=O)c2ccc3c(c2)OC(C)C(=O)N3)cc1. The molecule has 0 aliphatic carbocycles. The van der Waals surface area contributed by atoms with E-state index in [4.69, 9.17) is 4.74 Å². The van der Waals surface area contributed by atoms with Crippen LogP contribution >= 0.6 is 0 Å². The molecular weight excluding hydrogens is 308 g/mol. The molecule has 3 rings (SSSR count). The highest BCUT2D eigenvalue weighted by Gasteiger charge is 2.24. The summed E-state index contributed by atoms with van der Waals surface area (Å²) in [6, 6.07) is 11.5. The first kappa shape index (κ1) is 15.7. The zero-order chi connectivity index (χ0) is 17.3. The van der Waals surface area contributed by atoms with E-state index in [-0.39, 0.29) is 17.6 Å². The van der Waals surface area contributed by atoms with Crippen LogP contribution in [-0.4, -0.2) is 23.7 Å². The Hall–Kier alpha value is -3.15. The standard InChI is InChI=1S/C18H16N2O4/c1-10(21)12-3-6-14(7-4-12)19-18(23)13-5-8-15-16(9-13)24-11(2)17(22)20-15/h3-9,11H,1-2H3,(H,19,23)(H,20,22). The summed E-state index contributed by atoms with van der Waals surface area (Å²) in [5.74, 6) is -0.0932. The maximum absolute atomic E-state index is 12.3. The Balaban J connectivity index is 1.77. The number of amides is 2. The predicted molar refractivity (Wildman–Crippen MR) is 89.6 cm³/mol. The number of benzene rings is 2. The maximum atomic E-state index is 12.3. The second kappa shape index (κ2) is 6.16. The molecule has 2 aromatic carbocycles. The van der Waals surface area contributed by atoms with Gasteiger partial charge in [0.15, 0.2) is 11.9 Å². The van der Waals surface area contributed by atoms with Gasteiger partial charge in [0, 0.05) is 16.8 Å². The van der Waals surface area contributed by atoms with E-state index < -0.39 is 6.10 Å². The molecule has 2 amide bonds. The summed E-state index contributed by atoms with van der Waals surface area (Å²) in [4.78, 5) is 35.2. The highest BCUT2D eigenvalue weighted by atomic mass is 16.5. The molecule has 1 heterocycles. The second-order valence-corrected chi connectivity index (χ2v) is 5.55. The first-order valence-electron chi connectivity index (χ1n) is 7.48. The van der Waals surface area contributed by atoms with Gasteiger partial charge in [0.25, 0.3) is 11.8 Å². The summed E-state index contributed by atoms with van der Waals surface area (Å²) in [6.45, 7) is 3.13. The monoisotopic (exact) mass is 324 g/mol. The van der Waals surface area contributed by atoms with Crippen LogP contribution in [0.15, 0.2) is 42.5 Å². The van der Waals surface area contributed by atoms with E-state index in [1.165, 1.54) is 6.92 Å². The zero-order valence-electron chi connectivity index (χ0n) is 13.3. The molecule has 24 heavy (non-hydrogen) atoms. The zero-order valence-corrected chi connectivity index (χ0v) is 13.3. The number of nitrogens with one attached hydrogen (secondary N) is 2. The van der Waals surface area contributed by atoms with Crippen LogP contribution in [0.4, 0.5) is 11.4 Å². The summed E-state index contributed by atoms with van der Waals surface area (Å²) >= 11 is 0. The Labute approximate surface area is 138 Å². The summed E-state index contributed by atoms with van der Waals surface area (Å²) in [5.41, 5.74) is 2.12. The van der Waals surface area contributed by atoms with E-state index in [9.17, 15) is 14.4 Å². The number of rotatable bonds is 3. The predicted octanol–water partition coefficient (Wildman–Crippen LogP) is 2.86. The molecule has 1 unspecified atom stereocenters. The molecule has 0 aromatic heterocycles. The Morgan fingerprint density at radius 3 is 2.42 bits per heavy atom. The summed E-state index contributed by atoms with van der Waals surface area (Å²) in [5, 5.41) is 5.47. The van der Waals surface area contributed by atoms with Crippen molar-refractivity contribution in [2.75, 3.05) is 10.6 Å². The molecule has 122 valence electrons. The van der Waals surface area contributed by atoms with Crippen molar-refractivity contribution in [3.8, 4) is 5.75 Å². The second-order valence-electron chi connectivity index (χ2n) is 5.55. The topological polar surface area (TPSA) is 84.5 Å². The van der Waals surface area contributed by atoms with E-state index in [0.29, 0.717) is 28.3 Å². The minimum Gasteiger partial charge on any atom is -0.479 e. The number of hydrogen-bond donors (Lipinski definition) is 2. The van der Waals surface area contributed by atoms with Gasteiger partial charge in [-0.15, -0.1) is 0 Å². The smallest absolute Gasteiger partial charge is 0.265 e. The third kappa shape index (κ3) is 3.12. The number of anilines is 2. The molecule has 0 bridgehead atoms. The van der Waals surface area contributed by atoms with E-state index >= 15 is 0 Å². The van der Waals surface area contributed by atoms with Crippen LogP contribution in [0.2, 0.25) is 0 Å². The van der Waals surface area contributed by atoms with Crippen LogP contribution in [0.1, 0.15) is 34.6 Å². The van der Waals surface area contributed by atoms with Gasteiger partial charge in [-0.2, -0.15) is 0 Å². The summed E-state index contributed by atoms with van der Waals surface area (Å²) in [7, 11) is 0. The van der Waals surface area contributed by atoms with Gasteiger partial charge < -0.3 is 15.4 Å². The fourth-order valence-corrected chi connectivity index (χ4v) is 2.33. The van der Waals surface area contributed by atoms with Crippen LogP contribution in [0, 0.1) is 0 Å². The number of carbonyl (C=O) groups excluding carboxylic acids is 3. The molecular formula is C18H16N2O4. The highest BCUT2D eigenvalue weighted by Crippen LogP contribution is 2.30. The largest absolute Gasteiger partial charge is 0.479 e. The fourth-order valence-electron chi connectivity index (χ4n) is 2.33. The van der Waals surface area contributed by atoms with Crippen molar-refractivity contribution < 1.29 is 19.1 Å². The van der Waals surface area contributed by atoms with Gasteiger partial charge in [-0.1, -0.05) is 0 Å². The lowest BCUT2D eigenvalue weighted by atomic mass is 10.1.